The summed E-state index contributed by atoms with van der Waals surface area (Å²) < 4.78 is 37.8. The van der Waals surface area contributed by atoms with Gasteiger partial charge in [0, 0.05) is 12.7 Å². The Balaban J connectivity index is 1.85. The third-order valence-electron chi connectivity index (χ3n) is 3.87. The van der Waals surface area contributed by atoms with Crippen LogP contribution in [0, 0.1) is 5.92 Å². The zero-order chi connectivity index (χ0) is 16.9. The lowest BCUT2D eigenvalue weighted by atomic mass is 9.89. The molecule has 1 unspecified atom stereocenters. The van der Waals surface area contributed by atoms with Crippen LogP contribution in [0.2, 0.25) is 0 Å². The van der Waals surface area contributed by atoms with Crippen LogP contribution < -0.4 is 5.32 Å². The summed E-state index contributed by atoms with van der Waals surface area (Å²) in [5.41, 5.74) is -0.996. The number of alkyl halides is 3. The molecule has 1 aliphatic carbocycles. The first-order valence-corrected chi connectivity index (χ1v) is 8.59. The molecule has 1 aliphatic rings. The van der Waals surface area contributed by atoms with Gasteiger partial charge in [-0.3, -0.25) is 4.79 Å². The molecule has 2 rings (SSSR count). The maximum absolute atomic E-state index is 12.6. The van der Waals surface area contributed by atoms with Crippen molar-refractivity contribution in [1.29, 1.82) is 0 Å². The number of nitrogens with zero attached hydrogens (tertiary/aromatic N) is 2. The van der Waals surface area contributed by atoms with Crippen LogP contribution >= 0.6 is 11.8 Å². The molecule has 1 N–H and O–H groups in total. The van der Waals surface area contributed by atoms with E-state index in [1.807, 2.05) is 0 Å². The summed E-state index contributed by atoms with van der Waals surface area (Å²) >= 11 is 0.934. The minimum Gasteiger partial charge on any atom is -0.355 e. The van der Waals surface area contributed by atoms with Crippen molar-refractivity contribution < 1.29 is 18.0 Å². The van der Waals surface area contributed by atoms with Crippen molar-refractivity contribution in [1.82, 2.24) is 15.3 Å². The molecule has 1 heterocycles. The van der Waals surface area contributed by atoms with Gasteiger partial charge in [-0.25, -0.2) is 9.97 Å². The van der Waals surface area contributed by atoms with Crippen LogP contribution in [0.3, 0.4) is 0 Å². The van der Waals surface area contributed by atoms with E-state index in [1.165, 1.54) is 19.3 Å². The smallest absolute Gasteiger partial charge is 0.355 e. The van der Waals surface area contributed by atoms with Gasteiger partial charge in [0.25, 0.3) is 0 Å². The average Bonchev–Trinajstić information content (AvgIpc) is 2.53. The molecule has 0 bridgehead atoms. The van der Waals surface area contributed by atoms with Crippen molar-refractivity contribution in [3.63, 3.8) is 0 Å². The SMILES string of the molecule is CC(Sc1nccc(C(F)(F)F)n1)C(=O)NCC1CCCCC1. The van der Waals surface area contributed by atoms with E-state index in [0.717, 1.165) is 36.9 Å². The Kier molecular flexibility index (Phi) is 6.26. The summed E-state index contributed by atoms with van der Waals surface area (Å²) in [5, 5.41) is 2.30. The van der Waals surface area contributed by atoms with Crippen molar-refractivity contribution in [3.05, 3.63) is 18.0 Å². The number of hydrogen-bond donors (Lipinski definition) is 1. The van der Waals surface area contributed by atoms with E-state index in [-0.39, 0.29) is 11.1 Å². The fourth-order valence-corrected chi connectivity index (χ4v) is 3.33. The number of nitrogens with one attached hydrogen (secondary N) is 1. The Bertz CT molecular complexity index is 533. The van der Waals surface area contributed by atoms with Crippen molar-refractivity contribution >= 4 is 17.7 Å². The molecule has 0 saturated heterocycles. The van der Waals surface area contributed by atoms with Gasteiger partial charge in [0.05, 0.1) is 5.25 Å². The first-order valence-electron chi connectivity index (χ1n) is 7.71. The zero-order valence-corrected chi connectivity index (χ0v) is 13.7. The molecule has 0 aliphatic heterocycles. The molecule has 23 heavy (non-hydrogen) atoms. The van der Waals surface area contributed by atoms with Gasteiger partial charge in [-0.2, -0.15) is 13.2 Å². The number of hydrogen-bond acceptors (Lipinski definition) is 4. The first kappa shape index (κ1) is 18.0. The predicted molar refractivity (Wildman–Crippen MR) is 81.9 cm³/mol. The van der Waals surface area contributed by atoms with Crippen LogP contribution in [0.4, 0.5) is 13.2 Å². The van der Waals surface area contributed by atoms with Gasteiger partial charge >= 0.3 is 6.18 Å². The minimum absolute atomic E-state index is 0.0415. The van der Waals surface area contributed by atoms with E-state index < -0.39 is 17.1 Å². The second kappa shape index (κ2) is 7.99. The minimum atomic E-state index is -4.51. The molecule has 0 radical (unpaired) electrons. The maximum Gasteiger partial charge on any atom is 0.433 e. The van der Waals surface area contributed by atoms with E-state index >= 15 is 0 Å². The molecular formula is C15H20F3N3OS. The number of rotatable bonds is 5. The Morgan fingerprint density at radius 3 is 2.74 bits per heavy atom. The van der Waals surface area contributed by atoms with Crippen molar-refractivity contribution in [2.45, 2.75) is 55.6 Å². The lowest BCUT2D eigenvalue weighted by Crippen LogP contribution is -2.35. The fourth-order valence-electron chi connectivity index (χ4n) is 2.55. The van der Waals surface area contributed by atoms with Gasteiger partial charge in [0.2, 0.25) is 5.91 Å². The second-order valence-corrected chi connectivity index (χ2v) is 7.04. The van der Waals surface area contributed by atoms with Gasteiger partial charge in [-0.05, 0) is 31.7 Å². The summed E-state index contributed by atoms with van der Waals surface area (Å²) in [4.78, 5) is 19.3. The van der Waals surface area contributed by atoms with Crippen molar-refractivity contribution in [2.24, 2.45) is 5.92 Å². The van der Waals surface area contributed by atoms with Crippen molar-refractivity contribution in [2.75, 3.05) is 6.54 Å². The van der Waals surface area contributed by atoms with Gasteiger partial charge in [-0.15, -0.1) is 0 Å². The van der Waals surface area contributed by atoms with Gasteiger partial charge in [-0.1, -0.05) is 31.0 Å². The molecule has 1 aromatic rings. The normalized spacial score (nSPS) is 17.7. The third kappa shape index (κ3) is 5.67. The molecular weight excluding hydrogens is 327 g/mol. The molecule has 1 atom stereocenters. The number of amides is 1. The van der Waals surface area contributed by atoms with Crippen LogP contribution in [-0.2, 0) is 11.0 Å². The number of halogens is 3. The van der Waals surface area contributed by atoms with Gasteiger partial charge in [0.1, 0.15) is 5.69 Å². The van der Waals surface area contributed by atoms with Crippen molar-refractivity contribution in [3.8, 4) is 0 Å². The molecule has 1 fully saturated rings. The molecule has 1 saturated carbocycles. The topological polar surface area (TPSA) is 54.9 Å². The summed E-state index contributed by atoms with van der Waals surface area (Å²) in [5.74, 6) is 0.316. The quantitative estimate of drug-likeness (QED) is 0.652. The van der Waals surface area contributed by atoms with Crippen LogP contribution in [0.1, 0.15) is 44.7 Å². The van der Waals surface area contributed by atoms with Gasteiger partial charge in [0.15, 0.2) is 5.16 Å². The standard InChI is InChI=1S/C15H20F3N3OS/c1-10(13(22)20-9-11-5-3-2-4-6-11)23-14-19-8-7-12(21-14)15(16,17)18/h7-8,10-11H,2-6,9H2,1H3,(H,20,22). The van der Waals surface area contributed by atoms with E-state index in [0.29, 0.717) is 12.5 Å². The highest BCUT2D eigenvalue weighted by atomic mass is 32.2. The number of carbonyl (C=O) groups excluding carboxylic acids is 1. The highest BCUT2D eigenvalue weighted by Crippen LogP contribution is 2.29. The second-order valence-electron chi connectivity index (χ2n) is 5.73. The number of thioether (sulfide) groups is 1. The molecule has 0 aromatic carbocycles. The zero-order valence-electron chi connectivity index (χ0n) is 12.9. The summed E-state index contributed by atoms with van der Waals surface area (Å²) in [6.45, 7) is 2.28. The lowest BCUT2D eigenvalue weighted by Gasteiger charge is -2.22. The van der Waals surface area contributed by atoms with E-state index in [9.17, 15) is 18.0 Å². The maximum atomic E-state index is 12.6. The highest BCUT2D eigenvalue weighted by Gasteiger charge is 2.33. The Hall–Kier alpha value is -1.31. The van der Waals surface area contributed by atoms with Crippen LogP contribution in [0.25, 0.3) is 0 Å². The molecule has 1 aromatic heterocycles. The fraction of sp³-hybridized carbons (Fsp3) is 0.667. The summed E-state index contributed by atoms with van der Waals surface area (Å²) in [6, 6.07) is 0.817. The monoisotopic (exact) mass is 347 g/mol. The van der Waals surface area contributed by atoms with E-state index in [1.54, 1.807) is 6.92 Å². The summed E-state index contributed by atoms with van der Waals surface area (Å²) in [7, 11) is 0. The van der Waals surface area contributed by atoms with Crippen LogP contribution in [0.5, 0.6) is 0 Å². The van der Waals surface area contributed by atoms with E-state index in [2.05, 4.69) is 15.3 Å². The molecule has 128 valence electrons. The highest BCUT2D eigenvalue weighted by molar-refractivity contribution is 8.00. The van der Waals surface area contributed by atoms with Gasteiger partial charge < -0.3 is 5.32 Å². The molecule has 1 amide bonds. The Morgan fingerprint density at radius 2 is 2.09 bits per heavy atom. The van der Waals surface area contributed by atoms with Crippen LogP contribution in [0.15, 0.2) is 17.4 Å². The third-order valence-corrected chi connectivity index (χ3v) is 4.84. The lowest BCUT2D eigenvalue weighted by molar-refractivity contribution is -0.141. The number of carbonyl (C=O) groups is 1. The Morgan fingerprint density at radius 1 is 1.39 bits per heavy atom. The average molecular weight is 347 g/mol. The Labute approximate surface area is 137 Å². The summed E-state index contributed by atoms with van der Waals surface area (Å²) in [6.07, 6.45) is 2.45. The molecule has 0 spiro atoms. The van der Waals surface area contributed by atoms with Crippen LogP contribution in [-0.4, -0.2) is 27.7 Å². The van der Waals surface area contributed by atoms with E-state index in [4.69, 9.17) is 0 Å². The first-order chi connectivity index (χ1) is 10.9. The molecule has 4 nitrogen and oxygen atoms in total. The predicted octanol–water partition coefficient (Wildman–Crippen LogP) is 3.67. The molecule has 8 heteroatoms. The number of aromatic nitrogens is 2. The largest absolute Gasteiger partial charge is 0.433 e.